The fourth-order valence-electron chi connectivity index (χ4n) is 2.98. The van der Waals surface area contributed by atoms with Gasteiger partial charge in [-0.1, -0.05) is 11.8 Å². The molecule has 1 aromatic carbocycles. The Balaban J connectivity index is 0.00000196. The van der Waals surface area contributed by atoms with Crippen LogP contribution in [0.2, 0.25) is 0 Å². The molecule has 1 aliphatic carbocycles. The molecule has 4 nitrogen and oxygen atoms in total. The standard InChI is InChI=1S/C19H20FN3OS.ClH/c20-15-9-13(4-3-12-1-2-12)10-16-18(15)19(24)23-17(22-16)11-25-14-5-7-21-8-6-14;/h9-10,12,14,21H,1-2,5-8,11H2,(H,22,23,24);1H. The number of fused-ring (bicyclic) bond motifs is 1. The normalized spacial score (nSPS) is 17.4. The Kier molecular flexibility index (Phi) is 6.23. The van der Waals surface area contributed by atoms with Crippen molar-refractivity contribution in [2.24, 2.45) is 5.92 Å². The lowest BCUT2D eigenvalue weighted by Gasteiger charge is -2.21. The molecular formula is C19H21ClFN3OS. The van der Waals surface area contributed by atoms with Gasteiger partial charge in [0, 0.05) is 16.7 Å². The SMILES string of the molecule is Cl.O=c1[nH]c(CSC2CCNCC2)nc2cc(C#CC3CC3)cc(F)c12. The molecule has 2 N–H and O–H groups in total. The Labute approximate surface area is 162 Å². The van der Waals surface area contributed by atoms with Crippen molar-refractivity contribution in [1.29, 1.82) is 0 Å². The highest BCUT2D eigenvalue weighted by atomic mass is 35.5. The summed E-state index contributed by atoms with van der Waals surface area (Å²) in [6.45, 7) is 2.07. The molecule has 2 fully saturated rings. The molecule has 7 heteroatoms. The number of hydrogen-bond donors (Lipinski definition) is 2. The number of nitrogens with one attached hydrogen (secondary N) is 2. The minimum Gasteiger partial charge on any atom is -0.317 e. The predicted octanol–water partition coefficient (Wildman–Crippen LogP) is 3.23. The van der Waals surface area contributed by atoms with Gasteiger partial charge in [-0.25, -0.2) is 9.37 Å². The molecule has 1 saturated heterocycles. The minimum absolute atomic E-state index is 0. The first kappa shape index (κ1) is 19.2. The third-order valence-electron chi connectivity index (χ3n) is 4.55. The van der Waals surface area contributed by atoms with Gasteiger partial charge in [0.15, 0.2) is 0 Å². The molecule has 0 radical (unpaired) electrons. The smallest absolute Gasteiger partial charge is 0.261 e. The summed E-state index contributed by atoms with van der Waals surface area (Å²) < 4.78 is 14.3. The molecule has 4 rings (SSSR count). The molecule has 0 unspecified atom stereocenters. The molecule has 1 aromatic heterocycles. The van der Waals surface area contributed by atoms with Crippen LogP contribution in [0.4, 0.5) is 4.39 Å². The largest absolute Gasteiger partial charge is 0.317 e. The van der Waals surface area contributed by atoms with Gasteiger partial charge in [0.1, 0.15) is 17.0 Å². The maximum Gasteiger partial charge on any atom is 0.261 e. The van der Waals surface area contributed by atoms with Crippen molar-refractivity contribution in [2.45, 2.75) is 36.7 Å². The topological polar surface area (TPSA) is 57.8 Å². The van der Waals surface area contributed by atoms with Crippen LogP contribution < -0.4 is 10.9 Å². The van der Waals surface area contributed by atoms with Crippen LogP contribution in [0.1, 0.15) is 37.1 Å². The summed E-state index contributed by atoms with van der Waals surface area (Å²) in [5.74, 6) is 7.26. The number of rotatable bonds is 3. The second kappa shape index (κ2) is 8.43. The third kappa shape index (κ3) is 4.59. The molecular weight excluding hydrogens is 373 g/mol. The van der Waals surface area contributed by atoms with E-state index in [1.165, 1.54) is 6.07 Å². The fourth-order valence-corrected chi connectivity index (χ4v) is 4.08. The Bertz CT molecular complexity index is 911. The van der Waals surface area contributed by atoms with Gasteiger partial charge >= 0.3 is 0 Å². The van der Waals surface area contributed by atoms with E-state index in [1.807, 2.05) is 0 Å². The van der Waals surface area contributed by atoms with Crippen LogP contribution in [-0.4, -0.2) is 28.3 Å². The minimum atomic E-state index is -0.552. The van der Waals surface area contributed by atoms with Gasteiger partial charge in [-0.2, -0.15) is 11.8 Å². The molecule has 1 saturated carbocycles. The number of aromatic nitrogens is 2. The zero-order valence-electron chi connectivity index (χ0n) is 14.3. The average molecular weight is 394 g/mol. The summed E-state index contributed by atoms with van der Waals surface area (Å²) in [5.41, 5.74) is 0.571. The van der Waals surface area contributed by atoms with Crippen molar-refractivity contribution in [3.8, 4) is 11.8 Å². The van der Waals surface area contributed by atoms with E-state index in [2.05, 4.69) is 27.1 Å². The summed E-state index contributed by atoms with van der Waals surface area (Å²) in [6, 6.07) is 3.06. The van der Waals surface area contributed by atoms with Crippen molar-refractivity contribution >= 4 is 35.1 Å². The van der Waals surface area contributed by atoms with Gasteiger partial charge in [-0.3, -0.25) is 4.79 Å². The number of thioether (sulfide) groups is 1. The highest BCUT2D eigenvalue weighted by molar-refractivity contribution is 7.99. The van der Waals surface area contributed by atoms with Crippen molar-refractivity contribution in [2.75, 3.05) is 13.1 Å². The monoisotopic (exact) mass is 393 g/mol. The lowest BCUT2D eigenvalue weighted by Crippen LogP contribution is -2.29. The highest BCUT2D eigenvalue weighted by Gasteiger charge is 2.18. The zero-order valence-corrected chi connectivity index (χ0v) is 15.9. The van der Waals surface area contributed by atoms with Crippen LogP contribution in [-0.2, 0) is 5.75 Å². The second-order valence-corrected chi connectivity index (χ2v) is 7.96. The van der Waals surface area contributed by atoms with Crippen LogP contribution in [0.3, 0.4) is 0 Å². The maximum absolute atomic E-state index is 14.3. The first-order chi connectivity index (χ1) is 12.2. The molecule has 2 aromatic rings. The summed E-state index contributed by atoms with van der Waals surface area (Å²) in [6.07, 6.45) is 4.49. The predicted molar refractivity (Wildman–Crippen MR) is 106 cm³/mol. The van der Waals surface area contributed by atoms with Gasteiger partial charge in [0.25, 0.3) is 5.56 Å². The quantitative estimate of drug-likeness (QED) is 0.786. The Morgan fingerprint density at radius 1 is 1.23 bits per heavy atom. The number of piperidine rings is 1. The van der Waals surface area contributed by atoms with E-state index in [-0.39, 0.29) is 17.8 Å². The molecule has 26 heavy (non-hydrogen) atoms. The van der Waals surface area contributed by atoms with E-state index in [9.17, 15) is 9.18 Å². The zero-order chi connectivity index (χ0) is 17.2. The summed E-state index contributed by atoms with van der Waals surface area (Å²) in [7, 11) is 0. The number of nitrogens with zero attached hydrogens (tertiary/aromatic N) is 1. The van der Waals surface area contributed by atoms with Crippen LogP contribution in [0, 0.1) is 23.6 Å². The van der Waals surface area contributed by atoms with E-state index in [1.54, 1.807) is 17.8 Å². The van der Waals surface area contributed by atoms with Gasteiger partial charge in [0.05, 0.1) is 11.3 Å². The van der Waals surface area contributed by atoms with Crippen molar-refractivity contribution in [1.82, 2.24) is 15.3 Å². The summed E-state index contributed by atoms with van der Waals surface area (Å²) in [4.78, 5) is 19.5. The van der Waals surface area contributed by atoms with E-state index in [0.717, 1.165) is 38.8 Å². The molecule has 2 aliphatic rings. The number of aromatic amines is 1. The van der Waals surface area contributed by atoms with E-state index in [4.69, 9.17) is 0 Å². The molecule has 0 bridgehead atoms. The van der Waals surface area contributed by atoms with Crippen molar-refractivity contribution < 1.29 is 4.39 Å². The highest BCUT2D eigenvalue weighted by Crippen LogP contribution is 2.28. The third-order valence-corrected chi connectivity index (χ3v) is 5.93. The van der Waals surface area contributed by atoms with Crippen LogP contribution in [0.5, 0.6) is 0 Å². The number of H-pyrrole nitrogens is 1. The lowest BCUT2D eigenvalue weighted by atomic mass is 10.1. The average Bonchev–Trinajstić information content (AvgIpc) is 3.43. The van der Waals surface area contributed by atoms with Crippen molar-refractivity contribution in [3.63, 3.8) is 0 Å². The molecule has 1 aliphatic heterocycles. The second-order valence-electron chi connectivity index (χ2n) is 6.67. The van der Waals surface area contributed by atoms with E-state index in [0.29, 0.717) is 33.8 Å². The Hall–Kier alpha value is -1.55. The molecule has 2 heterocycles. The molecule has 0 spiro atoms. The van der Waals surface area contributed by atoms with E-state index < -0.39 is 11.4 Å². The van der Waals surface area contributed by atoms with E-state index >= 15 is 0 Å². The fraction of sp³-hybridized carbons (Fsp3) is 0.474. The van der Waals surface area contributed by atoms with Gasteiger partial charge in [-0.15, -0.1) is 12.4 Å². The number of benzene rings is 1. The molecule has 0 amide bonds. The Morgan fingerprint density at radius 2 is 2.00 bits per heavy atom. The van der Waals surface area contributed by atoms with Gasteiger partial charge in [-0.05, 0) is 50.9 Å². The molecule has 0 atom stereocenters. The van der Waals surface area contributed by atoms with Gasteiger partial charge < -0.3 is 10.3 Å². The summed E-state index contributed by atoms with van der Waals surface area (Å²) in [5, 5.41) is 3.94. The Morgan fingerprint density at radius 3 is 2.73 bits per heavy atom. The first-order valence-electron chi connectivity index (χ1n) is 8.75. The first-order valence-corrected chi connectivity index (χ1v) is 9.80. The number of halogens is 2. The van der Waals surface area contributed by atoms with Crippen LogP contribution in [0.25, 0.3) is 10.9 Å². The summed E-state index contributed by atoms with van der Waals surface area (Å²) >= 11 is 1.80. The number of hydrogen-bond acceptors (Lipinski definition) is 4. The van der Waals surface area contributed by atoms with Crippen LogP contribution >= 0.6 is 24.2 Å². The molecule has 138 valence electrons. The lowest BCUT2D eigenvalue weighted by molar-refractivity contribution is 0.531. The van der Waals surface area contributed by atoms with Crippen molar-refractivity contribution in [3.05, 3.63) is 39.7 Å². The maximum atomic E-state index is 14.3. The van der Waals surface area contributed by atoms with Gasteiger partial charge in [0.2, 0.25) is 0 Å². The van der Waals surface area contributed by atoms with Crippen LogP contribution in [0.15, 0.2) is 16.9 Å².